The molecule has 9 nitrogen and oxygen atoms in total. The van der Waals surface area contributed by atoms with Gasteiger partial charge in [-0.15, -0.1) is 0 Å². The van der Waals surface area contributed by atoms with E-state index in [1.807, 2.05) is 5.32 Å². The Morgan fingerprint density at radius 2 is 2.00 bits per heavy atom. The fourth-order valence-electron chi connectivity index (χ4n) is 4.12. The number of rotatable bonds is 5. The molecule has 3 aromatic rings. The number of nitrogens with zero attached hydrogens (tertiary/aromatic N) is 5. The van der Waals surface area contributed by atoms with Crippen molar-refractivity contribution < 1.29 is 26.4 Å². The van der Waals surface area contributed by atoms with Gasteiger partial charge in [0.15, 0.2) is 5.65 Å². The Balaban J connectivity index is 1.64. The molecule has 1 N–H and O–H groups in total. The first-order chi connectivity index (χ1) is 16.5. The summed E-state index contributed by atoms with van der Waals surface area (Å²) in [6, 6.07) is 10.3. The third-order valence-electron chi connectivity index (χ3n) is 5.86. The maximum absolute atomic E-state index is 13.2. The molecule has 1 aliphatic rings. The van der Waals surface area contributed by atoms with Crippen LogP contribution < -0.4 is 10.2 Å². The van der Waals surface area contributed by atoms with Gasteiger partial charge in [-0.05, 0) is 24.6 Å². The molecule has 1 fully saturated rings. The summed E-state index contributed by atoms with van der Waals surface area (Å²) in [5, 5.41) is 12.0. The van der Waals surface area contributed by atoms with Crippen LogP contribution in [0.5, 0.6) is 0 Å². The van der Waals surface area contributed by atoms with Gasteiger partial charge in [-0.1, -0.05) is 18.2 Å². The predicted octanol–water partition coefficient (Wildman–Crippen LogP) is 2.93. The van der Waals surface area contributed by atoms with Gasteiger partial charge in [0.05, 0.1) is 16.1 Å². The lowest BCUT2D eigenvalue weighted by atomic mass is 10.1. The molecule has 1 saturated heterocycles. The Morgan fingerprint density at radius 1 is 1.29 bits per heavy atom. The number of fused-ring (bicyclic) bond motifs is 1. The van der Waals surface area contributed by atoms with E-state index in [2.05, 4.69) is 11.1 Å². The maximum Gasteiger partial charge on any atom is 0.405 e. The Kier molecular flexibility index (Phi) is 6.33. The van der Waals surface area contributed by atoms with Gasteiger partial charge in [-0.25, -0.2) is 22.2 Å². The molecular formula is C22H21F3N6O3S. The van der Waals surface area contributed by atoms with Crippen LogP contribution in [0.3, 0.4) is 0 Å². The molecule has 184 valence electrons. The number of hydrogen-bond donors (Lipinski definition) is 1. The molecule has 1 aliphatic heterocycles. The summed E-state index contributed by atoms with van der Waals surface area (Å²) in [7, 11) is -2.25. The minimum absolute atomic E-state index is 0.0786. The number of halogens is 3. The predicted molar refractivity (Wildman–Crippen MR) is 121 cm³/mol. The molecule has 2 amide bonds. The molecule has 0 aliphatic carbocycles. The first-order valence-electron chi connectivity index (χ1n) is 10.6. The number of anilines is 1. The molecule has 0 spiro atoms. The highest BCUT2D eigenvalue weighted by atomic mass is 32.2. The summed E-state index contributed by atoms with van der Waals surface area (Å²) in [5.41, 5.74) is 0.768. The van der Waals surface area contributed by atoms with Crippen molar-refractivity contribution in [3.05, 3.63) is 54.4 Å². The van der Waals surface area contributed by atoms with E-state index in [-0.39, 0.29) is 35.2 Å². The summed E-state index contributed by atoms with van der Waals surface area (Å²) >= 11 is 0. The molecule has 0 radical (unpaired) electrons. The highest BCUT2D eigenvalue weighted by Gasteiger charge is 2.34. The fraction of sp³-hybridized carbons (Fsp3) is 0.318. The Labute approximate surface area is 199 Å². The average Bonchev–Trinajstić information content (AvgIpc) is 3.49. The Morgan fingerprint density at radius 3 is 2.66 bits per heavy atom. The van der Waals surface area contributed by atoms with Gasteiger partial charge < -0.3 is 15.1 Å². The highest BCUT2D eigenvalue weighted by Crippen LogP contribution is 2.33. The lowest BCUT2D eigenvalue weighted by molar-refractivity contribution is -0.123. The van der Waals surface area contributed by atoms with Gasteiger partial charge >= 0.3 is 12.2 Å². The number of likely N-dealkylation sites (tertiary alicyclic amines) is 1. The van der Waals surface area contributed by atoms with Gasteiger partial charge in [0.1, 0.15) is 12.6 Å². The van der Waals surface area contributed by atoms with Crippen molar-refractivity contribution in [1.29, 1.82) is 5.26 Å². The topological polar surface area (TPSA) is 111 Å². The van der Waals surface area contributed by atoms with Crippen molar-refractivity contribution in [2.24, 2.45) is 0 Å². The van der Waals surface area contributed by atoms with Crippen LogP contribution in [0, 0.1) is 11.3 Å². The van der Waals surface area contributed by atoms with Gasteiger partial charge in [0.2, 0.25) is 0 Å². The first-order valence-corrected chi connectivity index (χ1v) is 12.0. The van der Waals surface area contributed by atoms with Crippen LogP contribution in [0.1, 0.15) is 12.0 Å². The number of pyridine rings is 1. The van der Waals surface area contributed by atoms with E-state index in [4.69, 9.17) is 0 Å². The van der Waals surface area contributed by atoms with Crippen molar-refractivity contribution >= 4 is 32.8 Å². The van der Waals surface area contributed by atoms with Gasteiger partial charge in [0, 0.05) is 44.0 Å². The number of carbonyl (C=O) groups is 1. The number of aromatic nitrogens is 2. The number of nitrogens with one attached hydrogen (secondary N) is 1. The number of likely N-dealkylation sites (N-methyl/N-ethyl adjacent to an activating group) is 1. The third kappa shape index (κ3) is 4.74. The molecule has 35 heavy (non-hydrogen) atoms. The van der Waals surface area contributed by atoms with E-state index in [9.17, 15) is 31.6 Å². The molecule has 0 bridgehead atoms. The summed E-state index contributed by atoms with van der Waals surface area (Å²) < 4.78 is 64.7. The summed E-state index contributed by atoms with van der Waals surface area (Å²) in [6.45, 7) is -1.05. The number of urea groups is 1. The van der Waals surface area contributed by atoms with E-state index in [0.29, 0.717) is 17.5 Å². The molecule has 1 atom stereocenters. The fourth-order valence-corrected chi connectivity index (χ4v) is 5.45. The molecule has 0 saturated carbocycles. The molecule has 1 unspecified atom stereocenters. The molecule has 13 heteroatoms. The lowest BCUT2D eigenvalue weighted by Crippen LogP contribution is -2.44. The zero-order valence-electron chi connectivity index (χ0n) is 18.5. The molecular weight excluding hydrogens is 485 g/mol. The highest BCUT2D eigenvalue weighted by molar-refractivity contribution is 7.90. The minimum atomic E-state index is -4.51. The number of amides is 2. The van der Waals surface area contributed by atoms with Crippen LogP contribution >= 0.6 is 0 Å². The van der Waals surface area contributed by atoms with Crippen molar-refractivity contribution in [2.75, 3.05) is 31.6 Å². The van der Waals surface area contributed by atoms with Gasteiger partial charge in [0.25, 0.3) is 10.0 Å². The van der Waals surface area contributed by atoms with E-state index in [1.165, 1.54) is 29.4 Å². The molecule has 3 heterocycles. The van der Waals surface area contributed by atoms with Crippen LogP contribution in [0.15, 0.2) is 53.7 Å². The maximum atomic E-state index is 13.2. The second kappa shape index (κ2) is 9.10. The average molecular weight is 507 g/mol. The van der Waals surface area contributed by atoms with Crippen LogP contribution in [0.2, 0.25) is 0 Å². The Bertz CT molecular complexity index is 1400. The van der Waals surface area contributed by atoms with E-state index >= 15 is 0 Å². The summed E-state index contributed by atoms with van der Waals surface area (Å²) in [6.07, 6.45) is -1.41. The Hall–Kier alpha value is -3.79. The SMILES string of the molecule is CN(c1c(C#N)cnc2c1ccn2S(=O)(=O)c1ccccc1)C1CCN(C(=O)NCC(F)(F)F)C1. The van der Waals surface area contributed by atoms with Crippen LogP contribution in [0.4, 0.5) is 23.7 Å². The van der Waals surface area contributed by atoms with Gasteiger partial charge in [-0.2, -0.15) is 18.4 Å². The monoisotopic (exact) mass is 506 g/mol. The molecule has 1 aromatic carbocycles. The number of carbonyl (C=O) groups excluding carboxylic acids is 1. The van der Waals surface area contributed by atoms with Crippen molar-refractivity contribution in [3.63, 3.8) is 0 Å². The normalized spacial score (nSPS) is 16.3. The van der Waals surface area contributed by atoms with Gasteiger partial charge in [-0.3, -0.25) is 0 Å². The van der Waals surface area contributed by atoms with E-state index < -0.39 is 28.8 Å². The number of nitriles is 1. The van der Waals surface area contributed by atoms with E-state index in [0.717, 1.165) is 3.97 Å². The van der Waals surface area contributed by atoms with Crippen molar-refractivity contribution in [3.8, 4) is 6.07 Å². The lowest BCUT2D eigenvalue weighted by Gasteiger charge is -2.28. The van der Waals surface area contributed by atoms with Crippen LogP contribution in [-0.4, -0.2) is 67.2 Å². The zero-order valence-corrected chi connectivity index (χ0v) is 19.3. The number of hydrogen-bond acceptors (Lipinski definition) is 6. The number of alkyl halides is 3. The largest absolute Gasteiger partial charge is 0.405 e. The van der Waals surface area contributed by atoms with Crippen molar-refractivity contribution in [2.45, 2.75) is 23.5 Å². The number of benzene rings is 1. The second-order valence-electron chi connectivity index (χ2n) is 8.07. The molecule has 2 aromatic heterocycles. The summed E-state index contributed by atoms with van der Waals surface area (Å²) in [4.78, 5) is 19.5. The zero-order chi connectivity index (χ0) is 25.4. The first kappa shape index (κ1) is 24.3. The quantitative estimate of drug-likeness (QED) is 0.570. The van der Waals surface area contributed by atoms with Crippen molar-refractivity contribution in [1.82, 2.24) is 19.2 Å². The van der Waals surface area contributed by atoms with Crippen LogP contribution in [0.25, 0.3) is 11.0 Å². The minimum Gasteiger partial charge on any atom is -0.368 e. The van der Waals surface area contributed by atoms with Crippen LogP contribution in [-0.2, 0) is 10.0 Å². The third-order valence-corrected chi connectivity index (χ3v) is 7.54. The van der Waals surface area contributed by atoms with E-state index in [1.54, 1.807) is 36.2 Å². The standard InChI is InChI=1S/C22H21F3N6O3S/c1-29(16-7-9-30(13-16)21(32)28-14-22(23,24)25)19-15(11-26)12-27-20-18(19)8-10-31(20)35(33,34)17-5-3-2-4-6-17/h2-6,8,10,12,16H,7,9,13-14H2,1H3,(H,28,32). The second-order valence-corrected chi connectivity index (χ2v) is 9.89. The summed E-state index contributed by atoms with van der Waals surface area (Å²) in [5.74, 6) is 0. The molecule has 4 rings (SSSR count). The smallest absolute Gasteiger partial charge is 0.368 e.